The number of H-pyrrole nitrogens is 1. The molecule has 0 radical (unpaired) electrons. The van der Waals surface area contributed by atoms with Crippen LogP contribution in [0.15, 0.2) is 35.6 Å². The number of nitrogens with one attached hydrogen (secondary N) is 2. The van der Waals surface area contributed by atoms with E-state index in [2.05, 4.69) is 10.1 Å². The minimum atomic E-state index is -1.16. The van der Waals surface area contributed by atoms with Gasteiger partial charge in [0.1, 0.15) is 0 Å². The fourth-order valence-electron chi connectivity index (χ4n) is 1.76. The molecule has 0 atom stereocenters. The number of benzene rings is 1. The van der Waals surface area contributed by atoms with Crippen LogP contribution in [0.2, 0.25) is 0 Å². The van der Waals surface area contributed by atoms with E-state index in [9.17, 15) is 4.79 Å². The molecule has 0 saturated carbocycles. The van der Waals surface area contributed by atoms with Crippen molar-refractivity contribution in [2.45, 2.75) is 13.3 Å². The zero-order valence-corrected chi connectivity index (χ0v) is 9.40. The molecule has 1 amide bonds. The lowest BCUT2D eigenvalue weighted by Gasteiger charge is -2.01. The van der Waals surface area contributed by atoms with Crippen LogP contribution >= 0.6 is 0 Å². The van der Waals surface area contributed by atoms with Crippen LogP contribution < -0.4 is 5.43 Å². The minimum absolute atomic E-state index is 0.655. The molecule has 1 aromatic heterocycles. The van der Waals surface area contributed by atoms with E-state index in [4.69, 9.17) is 5.11 Å². The van der Waals surface area contributed by atoms with Gasteiger partial charge in [0.25, 0.3) is 0 Å². The van der Waals surface area contributed by atoms with Crippen LogP contribution in [0.3, 0.4) is 0 Å². The highest BCUT2D eigenvalue weighted by atomic mass is 16.4. The number of amides is 1. The molecule has 2 rings (SSSR count). The zero-order chi connectivity index (χ0) is 12.3. The van der Waals surface area contributed by atoms with Crippen LogP contribution in [-0.4, -0.2) is 21.9 Å². The molecule has 0 unspecified atom stereocenters. The van der Waals surface area contributed by atoms with Crippen molar-refractivity contribution in [1.82, 2.24) is 10.4 Å². The summed E-state index contributed by atoms with van der Waals surface area (Å²) >= 11 is 0. The summed E-state index contributed by atoms with van der Waals surface area (Å²) in [6.45, 7) is 1.93. The van der Waals surface area contributed by atoms with Gasteiger partial charge in [0.05, 0.1) is 5.71 Å². The number of nitrogens with zero attached hydrogens (tertiary/aromatic N) is 1. The summed E-state index contributed by atoms with van der Waals surface area (Å²) in [4.78, 5) is 13.6. The topological polar surface area (TPSA) is 77.5 Å². The molecule has 0 aliphatic carbocycles. The maximum absolute atomic E-state index is 10.4. The molecule has 0 saturated heterocycles. The fraction of sp³-hybridized carbons (Fsp3) is 0.167. The van der Waals surface area contributed by atoms with Gasteiger partial charge in [-0.25, -0.2) is 10.2 Å². The van der Waals surface area contributed by atoms with E-state index in [1.54, 1.807) is 0 Å². The van der Waals surface area contributed by atoms with Gasteiger partial charge in [0, 0.05) is 22.7 Å². The van der Waals surface area contributed by atoms with E-state index in [-0.39, 0.29) is 0 Å². The highest BCUT2D eigenvalue weighted by molar-refractivity contribution is 6.10. The van der Waals surface area contributed by atoms with Crippen molar-refractivity contribution in [3.05, 3.63) is 36.0 Å². The molecule has 17 heavy (non-hydrogen) atoms. The number of fused-ring (bicyclic) bond motifs is 1. The lowest BCUT2D eigenvalue weighted by atomic mass is 10.1. The van der Waals surface area contributed by atoms with Crippen LogP contribution in [0.1, 0.15) is 18.9 Å². The first-order chi connectivity index (χ1) is 8.22. The Labute approximate surface area is 98.2 Å². The molecule has 3 N–H and O–H groups in total. The molecule has 0 bridgehead atoms. The average molecular weight is 231 g/mol. The Bertz CT molecular complexity index is 572. The van der Waals surface area contributed by atoms with E-state index in [0.29, 0.717) is 12.1 Å². The summed E-state index contributed by atoms with van der Waals surface area (Å²) in [5.41, 5.74) is 4.69. The van der Waals surface area contributed by atoms with E-state index in [0.717, 1.165) is 16.5 Å². The largest absolute Gasteiger partial charge is 0.464 e. The first kappa shape index (κ1) is 11.2. The van der Waals surface area contributed by atoms with Gasteiger partial charge in [-0.3, -0.25) is 0 Å². The van der Waals surface area contributed by atoms with Gasteiger partial charge < -0.3 is 10.1 Å². The molecule has 0 aliphatic heterocycles. The summed E-state index contributed by atoms with van der Waals surface area (Å²) in [7, 11) is 0. The Morgan fingerprint density at radius 3 is 2.94 bits per heavy atom. The molecule has 0 spiro atoms. The summed E-state index contributed by atoms with van der Waals surface area (Å²) < 4.78 is 0. The second-order valence-electron chi connectivity index (χ2n) is 3.58. The first-order valence-electron chi connectivity index (χ1n) is 5.34. The molecular weight excluding hydrogens is 218 g/mol. The third-order valence-corrected chi connectivity index (χ3v) is 2.52. The number of hydrogen-bond donors (Lipinski definition) is 3. The number of aromatic amines is 1. The molecule has 0 fully saturated rings. The van der Waals surface area contributed by atoms with E-state index >= 15 is 0 Å². The molecule has 5 heteroatoms. The van der Waals surface area contributed by atoms with Crippen LogP contribution in [-0.2, 0) is 0 Å². The molecule has 5 nitrogen and oxygen atoms in total. The van der Waals surface area contributed by atoms with Gasteiger partial charge in [-0.05, 0) is 12.5 Å². The number of aromatic nitrogens is 1. The van der Waals surface area contributed by atoms with Gasteiger partial charge >= 0.3 is 6.09 Å². The highest BCUT2D eigenvalue weighted by Crippen LogP contribution is 2.19. The lowest BCUT2D eigenvalue weighted by Crippen LogP contribution is -2.16. The Morgan fingerprint density at radius 1 is 1.47 bits per heavy atom. The molecule has 0 aliphatic rings. The van der Waals surface area contributed by atoms with Crippen molar-refractivity contribution >= 4 is 22.7 Å². The number of rotatable bonds is 3. The van der Waals surface area contributed by atoms with Crippen molar-refractivity contribution in [2.75, 3.05) is 0 Å². The SMILES string of the molecule is CCC(=NNC(=O)O)c1c[nH]c2ccccc12. The molecule has 88 valence electrons. The summed E-state index contributed by atoms with van der Waals surface area (Å²) in [6, 6.07) is 7.84. The van der Waals surface area contributed by atoms with Crippen molar-refractivity contribution < 1.29 is 9.90 Å². The maximum Gasteiger partial charge on any atom is 0.425 e. The Balaban J connectivity index is 2.43. The van der Waals surface area contributed by atoms with E-state index in [1.807, 2.05) is 42.8 Å². The first-order valence-corrected chi connectivity index (χ1v) is 5.34. The Hall–Kier alpha value is -2.30. The number of hydrogen-bond acceptors (Lipinski definition) is 2. The van der Waals surface area contributed by atoms with Crippen LogP contribution in [0.4, 0.5) is 4.79 Å². The monoisotopic (exact) mass is 231 g/mol. The standard InChI is InChI=1S/C12H13N3O2/c1-2-10(14-15-12(16)17)9-7-13-11-6-4-3-5-8(9)11/h3-7,13,15H,2H2,1H3,(H,16,17). The summed E-state index contributed by atoms with van der Waals surface area (Å²) in [6.07, 6.45) is 1.34. The van der Waals surface area contributed by atoms with Crippen LogP contribution in [0.25, 0.3) is 10.9 Å². The van der Waals surface area contributed by atoms with Crippen LogP contribution in [0.5, 0.6) is 0 Å². The third-order valence-electron chi connectivity index (χ3n) is 2.52. The van der Waals surface area contributed by atoms with Gasteiger partial charge in [0.2, 0.25) is 0 Å². The minimum Gasteiger partial charge on any atom is -0.464 e. The van der Waals surface area contributed by atoms with Gasteiger partial charge in [-0.1, -0.05) is 25.1 Å². The quantitative estimate of drug-likeness (QED) is 0.560. The molecular formula is C12H13N3O2. The predicted molar refractivity (Wildman–Crippen MR) is 66.3 cm³/mol. The maximum atomic E-state index is 10.4. The van der Waals surface area contributed by atoms with Crippen molar-refractivity contribution in [2.24, 2.45) is 5.10 Å². The highest BCUT2D eigenvalue weighted by Gasteiger charge is 2.08. The molecule has 1 aromatic carbocycles. The lowest BCUT2D eigenvalue weighted by molar-refractivity contribution is 0.195. The molecule has 2 aromatic rings. The van der Waals surface area contributed by atoms with Gasteiger partial charge in [-0.15, -0.1) is 0 Å². The van der Waals surface area contributed by atoms with E-state index < -0.39 is 6.09 Å². The smallest absolute Gasteiger partial charge is 0.425 e. The number of hydrazone groups is 1. The fourth-order valence-corrected chi connectivity index (χ4v) is 1.76. The zero-order valence-electron chi connectivity index (χ0n) is 9.40. The van der Waals surface area contributed by atoms with Gasteiger partial charge in [0.15, 0.2) is 0 Å². The number of carbonyl (C=O) groups is 1. The second kappa shape index (κ2) is 4.69. The average Bonchev–Trinajstić information content (AvgIpc) is 2.74. The van der Waals surface area contributed by atoms with Gasteiger partial charge in [-0.2, -0.15) is 5.10 Å². The van der Waals surface area contributed by atoms with Crippen molar-refractivity contribution in [1.29, 1.82) is 0 Å². The van der Waals surface area contributed by atoms with Crippen molar-refractivity contribution in [3.63, 3.8) is 0 Å². The Kier molecular flexibility index (Phi) is 3.09. The molecule has 1 heterocycles. The number of para-hydroxylation sites is 1. The second-order valence-corrected chi connectivity index (χ2v) is 3.58. The predicted octanol–water partition coefficient (Wildman–Crippen LogP) is 2.55. The third kappa shape index (κ3) is 2.28. The van der Waals surface area contributed by atoms with Crippen LogP contribution in [0, 0.1) is 0 Å². The normalized spacial score (nSPS) is 11.7. The number of carboxylic acid groups (broad SMARTS) is 1. The van der Waals surface area contributed by atoms with E-state index in [1.165, 1.54) is 0 Å². The summed E-state index contributed by atoms with van der Waals surface area (Å²) in [5, 5.41) is 13.5. The Morgan fingerprint density at radius 2 is 2.24 bits per heavy atom. The summed E-state index contributed by atoms with van der Waals surface area (Å²) in [5.74, 6) is 0. The van der Waals surface area contributed by atoms with Crippen molar-refractivity contribution in [3.8, 4) is 0 Å².